The number of carbonyl (C=O) groups excluding carboxylic acids is 2. The summed E-state index contributed by atoms with van der Waals surface area (Å²) in [5.74, 6) is 1.76. The van der Waals surface area contributed by atoms with E-state index in [1.807, 2.05) is 37.4 Å². The third-order valence-corrected chi connectivity index (χ3v) is 7.32. The molecular formula is C25H32N6O3. The smallest absolute Gasteiger partial charge is 0.239 e. The van der Waals surface area contributed by atoms with Gasteiger partial charge in [-0.2, -0.15) is 0 Å². The summed E-state index contributed by atoms with van der Waals surface area (Å²) in [6.45, 7) is 2.42. The van der Waals surface area contributed by atoms with Crippen molar-refractivity contribution in [1.29, 1.82) is 0 Å². The summed E-state index contributed by atoms with van der Waals surface area (Å²) < 4.78 is 7.38. The van der Waals surface area contributed by atoms with E-state index < -0.39 is 0 Å². The zero-order chi connectivity index (χ0) is 23.7. The quantitative estimate of drug-likeness (QED) is 0.552. The van der Waals surface area contributed by atoms with Crippen molar-refractivity contribution in [3.05, 3.63) is 54.2 Å². The fourth-order valence-electron chi connectivity index (χ4n) is 5.33. The zero-order valence-corrected chi connectivity index (χ0v) is 19.7. The lowest BCUT2D eigenvalue weighted by atomic mass is 10.0. The van der Waals surface area contributed by atoms with Crippen molar-refractivity contribution < 1.29 is 14.0 Å². The number of benzene rings is 1. The Bertz CT molecular complexity index is 1160. The van der Waals surface area contributed by atoms with Crippen LogP contribution in [0.1, 0.15) is 30.8 Å². The number of imidazole rings is 1. The van der Waals surface area contributed by atoms with Crippen LogP contribution in [0.15, 0.2) is 47.1 Å². The Kier molecular flexibility index (Phi) is 6.38. The second-order valence-corrected chi connectivity index (χ2v) is 9.31. The van der Waals surface area contributed by atoms with E-state index in [9.17, 15) is 9.59 Å². The summed E-state index contributed by atoms with van der Waals surface area (Å²) >= 11 is 0. The molecule has 2 N–H and O–H groups in total. The predicted molar refractivity (Wildman–Crippen MR) is 128 cm³/mol. The first-order chi connectivity index (χ1) is 16.5. The van der Waals surface area contributed by atoms with Crippen LogP contribution in [0.5, 0.6) is 0 Å². The molecule has 2 aliphatic heterocycles. The Hall–Kier alpha value is -3.17. The number of likely N-dealkylation sites (tertiary alicyclic amines) is 1. The van der Waals surface area contributed by atoms with Crippen LogP contribution < -0.4 is 10.6 Å². The van der Waals surface area contributed by atoms with Crippen molar-refractivity contribution in [2.75, 3.05) is 20.1 Å². The number of furan rings is 1. The van der Waals surface area contributed by atoms with E-state index >= 15 is 0 Å². The van der Waals surface area contributed by atoms with Crippen molar-refractivity contribution in [3.63, 3.8) is 0 Å². The number of fused-ring (bicyclic) bond motifs is 2. The number of likely N-dealkylation sites (N-methyl/N-ethyl adjacent to an activating group) is 1. The average Bonchev–Trinajstić information content (AvgIpc) is 3.56. The molecule has 0 spiro atoms. The number of aryl methyl sites for hydroxylation is 1. The van der Waals surface area contributed by atoms with Gasteiger partial charge in [-0.05, 0) is 44.2 Å². The van der Waals surface area contributed by atoms with Crippen LogP contribution in [0, 0.1) is 0 Å². The number of nitrogens with one attached hydrogen (secondary N) is 2. The minimum atomic E-state index is -0.220. The Labute approximate surface area is 199 Å². The number of para-hydroxylation sites is 2. The van der Waals surface area contributed by atoms with Crippen molar-refractivity contribution in [1.82, 2.24) is 30.0 Å². The second kappa shape index (κ2) is 9.60. The van der Waals surface area contributed by atoms with Gasteiger partial charge in [0.2, 0.25) is 11.8 Å². The van der Waals surface area contributed by atoms with Gasteiger partial charge in [-0.1, -0.05) is 12.1 Å². The van der Waals surface area contributed by atoms with E-state index in [-0.39, 0.29) is 29.9 Å². The molecule has 0 aliphatic carbocycles. The monoisotopic (exact) mass is 464 g/mol. The Morgan fingerprint density at radius 2 is 2.09 bits per heavy atom. The highest BCUT2D eigenvalue weighted by Gasteiger charge is 2.45. The van der Waals surface area contributed by atoms with Gasteiger partial charge in [0.25, 0.3) is 0 Å². The standard InChI is InChI=1S/C25H32N6O3/c1-29-17(9-10-23(32)26-15-18-6-5-13-34-18)14-27-25(33)24-21(29)11-12-31(24)16-22-28-19-7-3-4-8-20(19)30(22)2/h3-8,13,17,21,24H,9-12,14-16H2,1-2H3,(H,26,32)(H,27,33). The summed E-state index contributed by atoms with van der Waals surface area (Å²) in [5.41, 5.74) is 2.07. The molecular weight excluding hydrogens is 432 g/mol. The molecule has 3 aromatic rings. The molecule has 2 fully saturated rings. The molecule has 1 aromatic carbocycles. The maximum Gasteiger partial charge on any atom is 0.239 e. The lowest BCUT2D eigenvalue weighted by Crippen LogP contribution is -2.49. The number of hydrogen-bond donors (Lipinski definition) is 2. The number of aromatic nitrogens is 2. The molecule has 0 saturated carbocycles. The maximum atomic E-state index is 13.1. The van der Waals surface area contributed by atoms with Gasteiger partial charge in [-0.3, -0.25) is 19.4 Å². The summed E-state index contributed by atoms with van der Waals surface area (Å²) in [7, 11) is 4.12. The molecule has 9 nitrogen and oxygen atoms in total. The van der Waals surface area contributed by atoms with Gasteiger partial charge in [0.1, 0.15) is 17.6 Å². The molecule has 2 amide bonds. The second-order valence-electron chi connectivity index (χ2n) is 9.31. The Morgan fingerprint density at radius 3 is 2.88 bits per heavy atom. The SMILES string of the molecule is CN1C(CCC(=O)NCc2ccco2)CNC(=O)C2C1CCN2Cc1nc2ccccc2n1C. The molecule has 34 heavy (non-hydrogen) atoms. The number of amides is 2. The first-order valence-electron chi connectivity index (χ1n) is 11.9. The molecule has 2 aromatic heterocycles. The number of rotatable bonds is 7. The van der Waals surface area contributed by atoms with Gasteiger partial charge in [-0.25, -0.2) is 4.98 Å². The van der Waals surface area contributed by atoms with Gasteiger partial charge in [0.05, 0.1) is 30.4 Å². The molecule has 2 saturated heterocycles. The van der Waals surface area contributed by atoms with Gasteiger partial charge in [0.15, 0.2) is 0 Å². The highest BCUT2D eigenvalue weighted by molar-refractivity contribution is 5.83. The molecule has 3 atom stereocenters. The zero-order valence-electron chi connectivity index (χ0n) is 19.7. The largest absolute Gasteiger partial charge is 0.467 e. The third kappa shape index (κ3) is 4.45. The number of carbonyl (C=O) groups is 2. The van der Waals surface area contributed by atoms with Gasteiger partial charge < -0.3 is 19.6 Å². The minimum Gasteiger partial charge on any atom is -0.467 e. The highest BCUT2D eigenvalue weighted by Crippen LogP contribution is 2.29. The summed E-state index contributed by atoms with van der Waals surface area (Å²) in [5, 5.41) is 6.04. The van der Waals surface area contributed by atoms with E-state index in [0.717, 1.165) is 35.6 Å². The highest BCUT2D eigenvalue weighted by atomic mass is 16.3. The number of hydrogen-bond acceptors (Lipinski definition) is 6. The lowest BCUT2D eigenvalue weighted by Gasteiger charge is -2.33. The predicted octanol–water partition coefficient (Wildman–Crippen LogP) is 1.64. The Morgan fingerprint density at radius 1 is 1.24 bits per heavy atom. The van der Waals surface area contributed by atoms with Crippen LogP contribution in [0.4, 0.5) is 0 Å². The summed E-state index contributed by atoms with van der Waals surface area (Å²) in [6, 6.07) is 11.8. The van der Waals surface area contributed by atoms with E-state index in [2.05, 4.69) is 38.1 Å². The minimum absolute atomic E-state index is 0.00757. The van der Waals surface area contributed by atoms with Gasteiger partial charge in [0, 0.05) is 38.6 Å². The third-order valence-electron chi connectivity index (χ3n) is 7.32. The number of nitrogens with zero attached hydrogens (tertiary/aromatic N) is 4. The topological polar surface area (TPSA) is 95.6 Å². The lowest BCUT2D eigenvalue weighted by molar-refractivity contribution is -0.126. The fraction of sp³-hybridized carbons (Fsp3) is 0.480. The summed E-state index contributed by atoms with van der Waals surface area (Å²) in [4.78, 5) is 34.8. The molecule has 180 valence electrons. The van der Waals surface area contributed by atoms with Crippen LogP contribution in [0.3, 0.4) is 0 Å². The van der Waals surface area contributed by atoms with Crippen molar-refractivity contribution in [3.8, 4) is 0 Å². The normalized spacial score (nSPS) is 23.6. The Balaban J connectivity index is 1.22. The fourth-order valence-corrected chi connectivity index (χ4v) is 5.33. The van der Waals surface area contributed by atoms with Crippen LogP contribution in [-0.2, 0) is 29.7 Å². The van der Waals surface area contributed by atoms with E-state index in [1.54, 1.807) is 6.26 Å². The molecule has 4 heterocycles. The van der Waals surface area contributed by atoms with Crippen LogP contribution in [0.25, 0.3) is 11.0 Å². The molecule has 5 rings (SSSR count). The first kappa shape index (κ1) is 22.6. The molecule has 9 heteroatoms. The van der Waals surface area contributed by atoms with Crippen molar-refractivity contribution in [2.45, 2.75) is 50.5 Å². The molecule has 0 radical (unpaired) electrons. The van der Waals surface area contributed by atoms with E-state index in [1.165, 1.54) is 0 Å². The average molecular weight is 465 g/mol. The van der Waals surface area contributed by atoms with E-state index in [4.69, 9.17) is 9.40 Å². The van der Waals surface area contributed by atoms with Gasteiger partial charge in [-0.15, -0.1) is 0 Å². The van der Waals surface area contributed by atoms with Crippen molar-refractivity contribution >= 4 is 22.8 Å². The maximum absolute atomic E-state index is 13.1. The molecule has 2 aliphatic rings. The molecule has 3 unspecified atom stereocenters. The van der Waals surface area contributed by atoms with Gasteiger partial charge >= 0.3 is 0 Å². The summed E-state index contributed by atoms with van der Waals surface area (Å²) in [6.07, 6.45) is 3.61. The van der Waals surface area contributed by atoms with Crippen LogP contribution >= 0.6 is 0 Å². The van der Waals surface area contributed by atoms with Crippen molar-refractivity contribution in [2.24, 2.45) is 7.05 Å². The van der Waals surface area contributed by atoms with Crippen LogP contribution in [-0.4, -0.2) is 69.4 Å². The van der Waals surface area contributed by atoms with Crippen LogP contribution in [0.2, 0.25) is 0 Å². The van der Waals surface area contributed by atoms with E-state index in [0.29, 0.717) is 32.5 Å². The molecule has 0 bridgehead atoms. The first-order valence-corrected chi connectivity index (χ1v) is 11.9.